The van der Waals surface area contributed by atoms with E-state index in [0.29, 0.717) is 11.9 Å². The number of hydrogen-bond acceptors (Lipinski definition) is 5. The number of sulfonamides is 1. The van der Waals surface area contributed by atoms with Crippen molar-refractivity contribution in [2.45, 2.75) is 11.4 Å². The van der Waals surface area contributed by atoms with Gasteiger partial charge in [-0.2, -0.15) is 0 Å². The molecule has 1 heterocycles. The number of aromatic nitrogens is 1. The van der Waals surface area contributed by atoms with E-state index in [1.165, 1.54) is 12.1 Å². The number of nitrogens with one attached hydrogen (secondary N) is 1. The SMILES string of the molecule is NS(=O)(=O)c1ccccc1NC(=S)N=Nc1c(O)n(Cc2cccc3ccccc23)c2c(Br)cccc12. The first-order valence-corrected chi connectivity index (χ1v) is 13.8. The van der Waals surface area contributed by atoms with E-state index in [-0.39, 0.29) is 27.3 Å². The maximum absolute atomic E-state index is 11.9. The second-order valence-corrected chi connectivity index (χ2v) is 11.0. The minimum Gasteiger partial charge on any atom is -0.493 e. The second-order valence-electron chi connectivity index (χ2n) is 8.20. The number of fused-ring (bicyclic) bond motifs is 2. The quantitative estimate of drug-likeness (QED) is 0.160. The first-order valence-electron chi connectivity index (χ1n) is 11.0. The number of primary sulfonamides is 1. The number of nitrogens with zero attached hydrogens (tertiary/aromatic N) is 3. The predicted octanol–water partition coefficient (Wildman–Crippen LogP) is 6.44. The van der Waals surface area contributed by atoms with Gasteiger partial charge in [-0.25, -0.2) is 13.6 Å². The average Bonchev–Trinajstić information content (AvgIpc) is 3.14. The number of benzene rings is 4. The Labute approximate surface area is 226 Å². The molecular weight excluding hydrogens is 574 g/mol. The Morgan fingerprint density at radius 1 is 0.973 bits per heavy atom. The highest BCUT2D eigenvalue weighted by Crippen LogP contribution is 2.42. The minimum absolute atomic E-state index is 0.0775. The van der Waals surface area contributed by atoms with Crippen molar-refractivity contribution in [2.75, 3.05) is 5.32 Å². The van der Waals surface area contributed by atoms with Crippen molar-refractivity contribution in [1.29, 1.82) is 0 Å². The summed E-state index contributed by atoms with van der Waals surface area (Å²) in [5.74, 6) is -0.0775. The van der Waals surface area contributed by atoms with Crippen LogP contribution in [0.5, 0.6) is 5.88 Å². The Morgan fingerprint density at radius 2 is 1.65 bits per heavy atom. The van der Waals surface area contributed by atoms with Gasteiger partial charge >= 0.3 is 0 Å². The molecule has 1 aromatic heterocycles. The lowest BCUT2D eigenvalue weighted by atomic mass is 10.0. The molecule has 0 spiro atoms. The van der Waals surface area contributed by atoms with Gasteiger partial charge in [0.15, 0.2) is 5.69 Å². The Balaban J connectivity index is 1.53. The molecule has 4 N–H and O–H groups in total. The molecule has 5 aromatic rings. The van der Waals surface area contributed by atoms with Gasteiger partial charge in [0.1, 0.15) is 4.90 Å². The average molecular weight is 595 g/mol. The number of rotatable bonds is 5. The monoisotopic (exact) mass is 593 g/mol. The summed E-state index contributed by atoms with van der Waals surface area (Å²) in [6.45, 7) is 0.395. The van der Waals surface area contributed by atoms with Crippen LogP contribution in [-0.4, -0.2) is 23.2 Å². The summed E-state index contributed by atoms with van der Waals surface area (Å²) < 4.78 is 26.3. The highest BCUT2D eigenvalue weighted by atomic mass is 79.9. The third-order valence-corrected chi connectivity index (χ3v) is 7.66. The molecule has 0 bridgehead atoms. The van der Waals surface area contributed by atoms with E-state index in [1.54, 1.807) is 16.7 Å². The maximum atomic E-state index is 11.9. The number of para-hydroxylation sites is 2. The van der Waals surface area contributed by atoms with Gasteiger partial charge in [0, 0.05) is 9.86 Å². The van der Waals surface area contributed by atoms with Gasteiger partial charge < -0.3 is 15.0 Å². The van der Waals surface area contributed by atoms with Gasteiger partial charge in [-0.1, -0.05) is 66.7 Å². The summed E-state index contributed by atoms with van der Waals surface area (Å²) in [5, 5.41) is 30.3. The summed E-state index contributed by atoms with van der Waals surface area (Å²) in [6.07, 6.45) is 0. The number of halogens is 1. The lowest BCUT2D eigenvalue weighted by Crippen LogP contribution is -2.16. The smallest absolute Gasteiger partial charge is 0.240 e. The number of azo groups is 1. The fourth-order valence-electron chi connectivity index (χ4n) is 4.24. The van der Waals surface area contributed by atoms with Gasteiger partial charge in [0.2, 0.25) is 21.0 Å². The molecule has 11 heteroatoms. The minimum atomic E-state index is -3.97. The molecule has 0 aliphatic rings. The first kappa shape index (κ1) is 25.0. The molecule has 0 aliphatic carbocycles. The van der Waals surface area contributed by atoms with Crippen LogP contribution in [0.4, 0.5) is 11.4 Å². The van der Waals surface area contributed by atoms with Gasteiger partial charge in [0.05, 0.1) is 17.7 Å². The number of nitrogens with two attached hydrogens (primary N) is 1. The van der Waals surface area contributed by atoms with Crippen LogP contribution in [-0.2, 0) is 16.6 Å². The van der Waals surface area contributed by atoms with Crippen LogP contribution in [0.25, 0.3) is 21.7 Å². The van der Waals surface area contributed by atoms with Crippen LogP contribution in [0.15, 0.2) is 105 Å². The van der Waals surface area contributed by atoms with Crippen LogP contribution in [0.1, 0.15) is 5.56 Å². The fraction of sp³-hybridized carbons (Fsp3) is 0.0385. The van der Waals surface area contributed by atoms with E-state index in [0.717, 1.165) is 26.3 Å². The highest BCUT2D eigenvalue weighted by molar-refractivity contribution is 9.10. The van der Waals surface area contributed by atoms with E-state index in [9.17, 15) is 13.5 Å². The molecule has 0 fully saturated rings. The van der Waals surface area contributed by atoms with Crippen molar-refractivity contribution < 1.29 is 13.5 Å². The third kappa shape index (κ3) is 4.98. The number of hydrogen-bond donors (Lipinski definition) is 3. The van der Waals surface area contributed by atoms with Crippen molar-refractivity contribution >= 4 is 76.3 Å². The standard InChI is InChI=1S/C26H20BrN5O3S2/c27-20-12-6-11-19-23(30-31-26(36)29-21-13-3-4-14-22(21)37(28,34)35)25(33)32(24(19)20)15-17-9-5-8-16-7-1-2-10-18(16)17/h1-14,33H,15H2,(H,29,36)(H2,28,34,35). The van der Waals surface area contributed by atoms with Gasteiger partial charge in [-0.3, -0.25) is 0 Å². The van der Waals surface area contributed by atoms with Crippen molar-refractivity contribution in [3.8, 4) is 5.88 Å². The van der Waals surface area contributed by atoms with Crippen LogP contribution < -0.4 is 10.5 Å². The molecule has 37 heavy (non-hydrogen) atoms. The zero-order chi connectivity index (χ0) is 26.2. The van der Waals surface area contributed by atoms with E-state index in [4.69, 9.17) is 17.4 Å². The largest absolute Gasteiger partial charge is 0.493 e. The van der Waals surface area contributed by atoms with E-state index >= 15 is 0 Å². The van der Waals surface area contributed by atoms with Gasteiger partial charge in [-0.05, 0) is 62.7 Å². The zero-order valence-electron chi connectivity index (χ0n) is 19.2. The van der Waals surface area contributed by atoms with Gasteiger partial charge in [0.25, 0.3) is 0 Å². The van der Waals surface area contributed by atoms with E-state index in [2.05, 4.69) is 31.5 Å². The van der Waals surface area contributed by atoms with Crippen LogP contribution >= 0.6 is 28.1 Å². The molecule has 0 atom stereocenters. The van der Waals surface area contributed by atoms with Crippen molar-refractivity contribution in [1.82, 2.24) is 4.57 Å². The lowest BCUT2D eigenvalue weighted by molar-refractivity contribution is 0.430. The van der Waals surface area contributed by atoms with E-state index < -0.39 is 10.0 Å². The summed E-state index contributed by atoms with van der Waals surface area (Å²) >= 11 is 8.87. The topological polar surface area (TPSA) is 122 Å². The molecule has 5 rings (SSSR count). The Kier molecular flexibility index (Phi) is 6.78. The Bertz CT molecular complexity index is 1810. The van der Waals surface area contributed by atoms with Crippen LogP contribution in [0.3, 0.4) is 0 Å². The molecule has 0 amide bonds. The molecule has 0 radical (unpaired) electrons. The normalized spacial score (nSPS) is 11.9. The molecule has 0 saturated carbocycles. The lowest BCUT2D eigenvalue weighted by Gasteiger charge is -2.11. The number of aromatic hydroxyl groups is 1. The number of anilines is 1. The molecule has 8 nitrogen and oxygen atoms in total. The van der Waals surface area contributed by atoms with Crippen molar-refractivity contribution in [3.63, 3.8) is 0 Å². The Hall–Kier alpha value is -3.64. The Morgan fingerprint density at radius 3 is 2.46 bits per heavy atom. The van der Waals surface area contributed by atoms with Crippen LogP contribution in [0.2, 0.25) is 0 Å². The molecule has 0 saturated heterocycles. The predicted molar refractivity (Wildman–Crippen MR) is 153 cm³/mol. The summed E-state index contributed by atoms with van der Waals surface area (Å²) in [7, 11) is -3.97. The molecular formula is C26H20BrN5O3S2. The summed E-state index contributed by atoms with van der Waals surface area (Å²) in [4.78, 5) is -0.119. The maximum Gasteiger partial charge on any atom is 0.240 e. The molecule has 0 aliphatic heterocycles. The third-order valence-electron chi connectivity index (χ3n) is 5.86. The summed E-state index contributed by atoms with van der Waals surface area (Å²) in [5.41, 5.74) is 2.20. The fourth-order valence-corrected chi connectivity index (χ4v) is 5.67. The zero-order valence-corrected chi connectivity index (χ0v) is 22.4. The second kappa shape index (κ2) is 10.0. The first-order chi connectivity index (χ1) is 17.7. The van der Waals surface area contributed by atoms with E-state index in [1.807, 2.05) is 60.7 Å². The molecule has 186 valence electrons. The summed E-state index contributed by atoms with van der Waals surface area (Å²) in [6, 6.07) is 25.8. The van der Waals surface area contributed by atoms with Crippen molar-refractivity contribution in [2.24, 2.45) is 15.4 Å². The van der Waals surface area contributed by atoms with Crippen LogP contribution in [0, 0.1) is 0 Å². The highest BCUT2D eigenvalue weighted by Gasteiger charge is 2.20. The van der Waals surface area contributed by atoms with Crippen molar-refractivity contribution in [3.05, 3.63) is 95.0 Å². The number of thiocarbonyl (C=S) groups is 1. The molecule has 0 unspecified atom stereocenters. The van der Waals surface area contributed by atoms with Gasteiger partial charge in [-0.15, -0.1) is 10.2 Å². The molecule has 4 aromatic carbocycles.